The van der Waals surface area contributed by atoms with Crippen molar-refractivity contribution in [1.29, 1.82) is 0 Å². The molecular weight excluding hydrogens is 102 g/mol. The molecule has 2 aliphatic rings. The number of rotatable bonds is 0. The molecule has 0 amide bonds. The molecule has 0 bridgehead atoms. The fraction of sp³-hybridized carbons (Fsp3) is 0.200. The minimum atomic E-state index is 1.06. The summed E-state index contributed by atoms with van der Waals surface area (Å²) in [5.74, 6) is 0. The van der Waals surface area contributed by atoms with Crippen molar-refractivity contribution >= 4 is 0 Å². The van der Waals surface area contributed by atoms with Crippen LogP contribution in [0, 0.1) is 0 Å². The number of allylic oxidation sites excluding steroid dienone is 3. The van der Waals surface area contributed by atoms with Gasteiger partial charge in [0.25, 0.3) is 0 Å². The van der Waals surface area contributed by atoms with E-state index >= 15 is 0 Å². The summed E-state index contributed by atoms with van der Waals surface area (Å²) in [6.45, 7) is 0. The lowest BCUT2D eigenvalue weighted by molar-refractivity contribution is 0.838. The molecule has 8 heavy (non-hydrogen) atoms. The Labute approximate surface area is 46.8 Å². The Morgan fingerprint density at radius 2 is 2.62 bits per heavy atom. The monoisotopic (exact) mass is 107 g/mol. The van der Waals surface area contributed by atoms with Crippen molar-refractivity contribution in [2.75, 3.05) is 0 Å². The van der Waals surface area contributed by atoms with E-state index < -0.39 is 0 Å². The highest BCUT2D eigenvalue weighted by atomic mass is 15.4. The Hall–Kier alpha value is -1.12. The molecule has 0 atom stereocenters. The zero-order chi connectivity index (χ0) is 5.40. The molecule has 1 aliphatic heterocycles. The number of nitrogens with zero attached hydrogens (tertiary/aromatic N) is 2. The van der Waals surface area contributed by atoms with E-state index in [2.05, 4.69) is 15.8 Å². The van der Waals surface area contributed by atoms with E-state index in [-0.39, 0.29) is 0 Å². The van der Waals surface area contributed by atoms with Gasteiger partial charge in [0.1, 0.15) is 0 Å². The summed E-state index contributed by atoms with van der Waals surface area (Å²) in [6.07, 6.45) is 4.73. The lowest BCUT2D eigenvalue weighted by Gasteiger charge is -1.81. The molecule has 1 heterocycles. The molecule has 1 aliphatic carbocycles. The van der Waals surface area contributed by atoms with E-state index in [1.165, 1.54) is 11.3 Å². The van der Waals surface area contributed by atoms with E-state index in [4.69, 9.17) is 0 Å². The Morgan fingerprint density at radius 3 is 3.62 bits per heavy atom. The zero-order valence-corrected chi connectivity index (χ0v) is 4.26. The Bertz CT molecular complexity index is 200. The van der Waals surface area contributed by atoms with Gasteiger partial charge in [0.05, 0.1) is 6.20 Å². The van der Waals surface area contributed by atoms with Crippen LogP contribution in [0.15, 0.2) is 33.9 Å². The highest BCUT2D eigenvalue weighted by Crippen LogP contribution is 2.29. The van der Waals surface area contributed by atoms with Crippen LogP contribution in [0.3, 0.4) is 0 Å². The highest BCUT2D eigenvalue weighted by Gasteiger charge is 2.18. The van der Waals surface area contributed by atoms with Crippen LogP contribution in [0.2, 0.25) is 0 Å². The van der Waals surface area contributed by atoms with Crippen LogP contribution in [0.1, 0.15) is 6.42 Å². The standard InChI is InChI=1S/C5H5N3/c1-2-6-8-7-5-3-4(1)5/h1-2H,3H2,(H,6,7). The van der Waals surface area contributed by atoms with Crippen molar-refractivity contribution in [3.63, 3.8) is 0 Å². The van der Waals surface area contributed by atoms with Crippen LogP contribution in [0.4, 0.5) is 0 Å². The fourth-order valence-corrected chi connectivity index (χ4v) is 0.663. The van der Waals surface area contributed by atoms with Gasteiger partial charge in [-0.1, -0.05) is 5.22 Å². The predicted octanol–water partition coefficient (Wildman–Crippen LogP) is 1.13. The molecule has 0 aromatic carbocycles. The average Bonchev–Trinajstić information content (AvgIpc) is 2.36. The van der Waals surface area contributed by atoms with Crippen LogP contribution in [-0.2, 0) is 0 Å². The van der Waals surface area contributed by atoms with Crippen molar-refractivity contribution in [3.05, 3.63) is 23.5 Å². The highest BCUT2D eigenvalue weighted by molar-refractivity contribution is 5.42. The smallest absolute Gasteiger partial charge is 0.0516 e. The van der Waals surface area contributed by atoms with Crippen LogP contribution in [0.5, 0.6) is 0 Å². The summed E-state index contributed by atoms with van der Waals surface area (Å²) >= 11 is 0. The molecule has 0 spiro atoms. The van der Waals surface area contributed by atoms with Gasteiger partial charge in [0, 0.05) is 12.1 Å². The number of hydrogen-bond donors (Lipinski definition) is 1. The molecular formula is C5H5N3. The maximum atomic E-state index is 3.64. The first-order valence-corrected chi connectivity index (χ1v) is 2.51. The second-order valence-corrected chi connectivity index (χ2v) is 1.82. The van der Waals surface area contributed by atoms with E-state index in [9.17, 15) is 0 Å². The molecule has 3 nitrogen and oxygen atoms in total. The van der Waals surface area contributed by atoms with Crippen LogP contribution in [-0.4, -0.2) is 0 Å². The summed E-state index contributed by atoms with van der Waals surface area (Å²) in [7, 11) is 0. The van der Waals surface area contributed by atoms with Gasteiger partial charge >= 0.3 is 0 Å². The van der Waals surface area contributed by atoms with Gasteiger partial charge in [0.15, 0.2) is 0 Å². The van der Waals surface area contributed by atoms with Crippen LogP contribution >= 0.6 is 0 Å². The molecule has 40 valence electrons. The van der Waals surface area contributed by atoms with Gasteiger partial charge in [-0.25, -0.2) is 0 Å². The molecule has 0 fully saturated rings. The molecule has 1 N–H and O–H groups in total. The SMILES string of the molecule is C1=CC2=C(C2)NN=N1. The molecule has 0 saturated heterocycles. The largest absolute Gasteiger partial charge is 0.263 e. The minimum Gasteiger partial charge on any atom is -0.263 e. The summed E-state index contributed by atoms with van der Waals surface area (Å²) in [5, 5.41) is 7.27. The maximum Gasteiger partial charge on any atom is 0.0516 e. The van der Waals surface area contributed by atoms with Gasteiger partial charge in [-0.3, -0.25) is 5.43 Å². The van der Waals surface area contributed by atoms with Crippen molar-refractivity contribution < 1.29 is 0 Å². The average molecular weight is 107 g/mol. The normalized spacial score (nSPS) is 22.0. The summed E-state index contributed by atoms with van der Waals surface area (Å²) in [6, 6.07) is 0. The summed E-state index contributed by atoms with van der Waals surface area (Å²) < 4.78 is 0. The van der Waals surface area contributed by atoms with Crippen molar-refractivity contribution in [2.45, 2.75) is 6.42 Å². The minimum absolute atomic E-state index is 1.06. The Morgan fingerprint density at radius 1 is 1.62 bits per heavy atom. The van der Waals surface area contributed by atoms with Gasteiger partial charge < -0.3 is 0 Å². The maximum absolute atomic E-state index is 3.64. The first-order valence-electron chi connectivity index (χ1n) is 2.51. The quantitative estimate of drug-likeness (QED) is 0.495. The van der Waals surface area contributed by atoms with Crippen molar-refractivity contribution in [1.82, 2.24) is 5.43 Å². The van der Waals surface area contributed by atoms with Gasteiger partial charge in [-0.15, -0.1) is 5.11 Å². The third kappa shape index (κ3) is 0.443. The first kappa shape index (κ1) is 3.83. The number of nitrogens with one attached hydrogen (secondary N) is 1. The van der Waals surface area contributed by atoms with Crippen LogP contribution in [0.25, 0.3) is 0 Å². The van der Waals surface area contributed by atoms with E-state index in [0.29, 0.717) is 0 Å². The Kier molecular flexibility index (Phi) is 0.566. The van der Waals surface area contributed by atoms with Gasteiger partial charge in [0.2, 0.25) is 0 Å². The molecule has 0 unspecified atom stereocenters. The number of hydrogen-bond acceptors (Lipinski definition) is 3. The molecule has 3 heteroatoms. The molecule has 0 radical (unpaired) electrons. The first-order chi connectivity index (χ1) is 3.97. The third-order valence-electron chi connectivity index (χ3n) is 1.21. The third-order valence-corrected chi connectivity index (χ3v) is 1.21. The molecule has 2 rings (SSSR count). The fourth-order valence-electron chi connectivity index (χ4n) is 0.663. The molecule has 0 saturated carbocycles. The van der Waals surface area contributed by atoms with Crippen molar-refractivity contribution in [2.24, 2.45) is 10.3 Å². The lowest BCUT2D eigenvalue weighted by atomic mass is 10.5. The second kappa shape index (κ2) is 1.18. The Balaban J connectivity index is 2.30. The second-order valence-electron chi connectivity index (χ2n) is 1.82. The van der Waals surface area contributed by atoms with E-state index in [1.54, 1.807) is 6.20 Å². The predicted molar refractivity (Wildman–Crippen MR) is 28.8 cm³/mol. The van der Waals surface area contributed by atoms with Gasteiger partial charge in [-0.05, 0) is 11.6 Å². The molecule has 0 aromatic heterocycles. The lowest BCUT2D eigenvalue weighted by Crippen LogP contribution is -1.91. The topological polar surface area (TPSA) is 36.8 Å². The van der Waals surface area contributed by atoms with Gasteiger partial charge in [-0.2, -0.15) is 0 Å². The van der Waals surface area contributed by atoms with Crippen LogP contribution < -0.4 is 5.43 Å². The summed E-state index contributed by atoms with van der Waals surface area (Å²) in [5.41, 5.74) is 5.33. The van der Waals surface area contributed by atoms with Crippen molar-refractivity contribution in [3.8, 4) is 0 Å². The van der Waals surface area contributed by atoms with E-state index in [1.807, 2.05) is 6.08 Å². The zero-order valence-electron chi connectivity index (χ0n) is 4.26. The molecule has 0 aromatic rings. The van der Waals surface area contributed by atoms with E-state index in [0.717, 1.165) is 6.42 Å². The summed E-state index contributed by atoms with van der Waals surface area (Å²) in [4.78, 5) is 0.